The molecule has 1 aliphatic heterocycles. The molecule has 1 aliphatic rings. The van der Waals surface area contributed by atoms with E-state index in [9.17, 15) is 4.79 Å². The Morgan fingerprint density at radius 1 is 1.31 bits per heavy atom. The number of anilines is 1. The van der Waals surface area contributed by atoms with E-state index in [4.69, 9.17) is 4.74 Å². The summed E-state index contributed by atoms with van der Waals surface area (Å²) in [7, 11) is 1.85. The highest BCUT2D eigenvalue weighted by atomic mass is 16.5. The van der Waals surface area contributed by atoms with Crippen LogP contribution < -0.4 is 10.1 Å². The maximum Gasteiger partial charge on any atom is 0.259 e. The summed E-state index contributed by atoms with van der Waals surface area (Å²) in [4.78, 5) is 27.9. The average molecular weight is 355 g/mol. The number of hydrogen-bond donors (Lipinski definition) is 1. The zero-order valence-corrected chi connectivity index (χ0v) is 15.3. The Balaban J connectivity index is 1.71. The van der Waals surface area contributed by atoms with Crippen molar-refractivity contribution in [3.63, 3.8) is 0 Å². The second-order valence-corrected chi connectivity index (χ2v) is 6.35. The molecular weight excluding hydrogens is 330 g/mol. The normalized spacial score (nSPS) is 17.0. The number of aromatic nitrogens is 3. The molecular formula is C19H25N5O2. The first kappa shape index (κ1) is 18.1. The highest BCUT2D eigenvalue weighted by Crippen LogP contribution is 2.25. The van der Waals surface area contributed by atoms with E-state index in [0.29, 0.717) is 30.5 Å². The third-order valence-electron chi connectivity index (χ3n) is 4.58. The second-order valence-electron chi connectivity index (χ2n) is 6.35. The lowest BCUT2D eigenvalue weighted by Crippen LogP contribution is -2.40. The molecule has 1 amide bonds. The van der Waals surface area contributed by atoms with Gasteiger partial charge in [-0.25, -0.2) is 9.97 Å². The number of pyridine rings is 1. The largest absolute Gasteiger partial charge is 0.477 e. The highest BCUT2D eigenvalue weighted by Gasteiger charge is 2.27. The van der Waals surface area contributed by atoms with Crippen LogP contribution >= 0.6 is 0 Å². The minimum absolute atomic E-state index is 0.0146. The number of ether oxygens (including phenoxy) is 1. The van der Waals surface area contributed by atoms with Crippen LogP contribution in [0.5, 0.6) is 5.88 Å². The number of piperidine rings is 1. The molecule has 1 saturated heterocycles. The van der Waals surface area contributed by atoms with Crippen molar-refractivity contribution in [1.29, 1.82) is 0 Å². The molecule has 0 unspecified atom stereocenters. The number of hydrogen-bond acceptors (Lipinski definition) is 6. The smallest absolute Gasteiger partial charge is 0.259 e. The third-order valence-corrected chi connectivity index (χ3v) is 4.58. The van der Waals surface area contributed by atoms with E-state index in [-0.39, 0.29) is 5.91 Å². The van der Waals surface area contributed by atoms with Crippen LogP contribution in [0.3, 0.4) is 0 Å². The molecule has 26 heavy (non-hydrogen) atoms. The first-order valence-corrected chi connectivity index (χ1v) is 9.07. The van der Waals surface area contributed by atoms with Gasteiger partial charge >= 0.3 is 0 Å². The number of nitrogens with one attached hydrogen (secondary N) is 1. The van der Waals surface area contributed by atoms with Gasteiger partial charge in [-0.05, 0) is 44.2 Å². The molecule has 0 aromatic carbocycles. The monoisotopic (exact) mass is 355 g/mol. The first-order chi connectivity index (χ1) is 12.7. The topological polar surface area (TPSA) is 80.2 Å². The van der Waals surface area contributed by atoms with E-state index in [1.54, 1.807) is 30.7 Å². The van der Waals surface area contributed by atoms with Crippen molar-refractivity contribution >= 4 is 11.7 Å². The Bertz CT molecular complexity index is 752. The summed E-state index contributed by atoms with van der Waals surface area (Å²) in [6, 6.07) is 3.56. The average Bonchev–Trinajstić information content (AvgIpc) is 2.69. The van der Waals surface area contributed by atoms with E-state index < -0.39 is 0 Å². The molecule has 138 valence electrons. The zero-order valence-electron chi connectivity index (χ0n) is 15.3. The molecule has 2 aromatic rings. The molecule has 0 aliphatic carbocycles. The van der Waals surface area contributed by atoms with E-state index in [1.807, 2.05) is 18.9 Å². The van der Waals surface area contributed by atoms with Crippen LogP contribution in [0.15, 0.2) is 30.7 Å². The van der Waals surface area contributed by atoms with Crippen LogP contribution in [0.2, 0.25) is 0 Å². The van der Waals surface area contributed by atoms with E-state index >= 15 is 0 Å². The summed E-state index contributed by atoms with van der Waals surface area (Å²) in [5.74, 6) is 1.57. The fourth-order valence-electron chi connectivity index (χ4n) is 3.39. The van der Waals surface area contributed by atoms with Gasteiger partial charge in [0.25, 0.3) is 5.91 Å². The molecule has 1 N–H and O–H groups in total. The maximum atomic E-state index is 13.0. The maximum absolute atomic E-state index is 13.0. The van der Waals surface area contributed by atoms with Gasteiger partial charge in [-0.2, -0.15) is 0 Å². The second kappa shape index (κ2) is 8.60. The van der Waals surface area contributed by atoms with Crippen LogP contribution in [0.4, 0.5) is 5.82 Å². The Kier molecular flexibility index (Phi) is 5.99. The standard InChI is InChI=1S/C19H25N5O2/c1-3-26-18-15(7-4-8-23-18)19(25)24-11-5-6-14(13-24)12-16-17(20-2)22-10-9-21-16/h4,7-10,14H,3,5-6,11-13H2,1-2H3,(H,20,22)/t14-/m0/s1. The molecule has 0 spiro atoms. The molecule has 0 bridgehead atoms. The van der Waals surface area contributed by atoms with Crippen molar-refractivity contribution in [3.05, 3.63) is 42.0 Å². The van der Waals surface area contributed by atoms with Gasteiger partial charge in [-0.3, -0.25) is 9.78 Å². The minimum atomic E-state index is -0.0146. The lowest BCUT2D eigenvalue weighted by molar-refractivity contribution is 0.0668. The lowest BCUT2D eigenvalue weighted by Gasteiger charge is -2.33. The van der Waals surface area contributed by atoms with Gasteiger partial charge in [0.2, 0.25) is 5.88 Å². The Hall–Kier alpha value is -2.70. The number of carbonyl (C=O) groups is 1. The molecule has 3 heterocycles. The number of rotatable bonds is 6. The van der Waals surface area contributed by atoms with E-state index in [0.717, 1.165) is 37.3 Å². The van der Waals surface area contributed by atoms with Gasteiger partial charge in [-0.1, -0.05) is 0 Å². The number of amides is 1. The fraction of sp³-hybridized carbons (Fsp3) is 0.474. The molecule has 1 fully saturated rings. The summed E-state index contributed by atoms with van der Waals surface area (Å²) in [5, 5.41) is 3.09. The first-order valence-electron chi connectivity index (χ1n) is 9.07. The van der Waals surface area contributed by atoms with E-state index in [2.05, 4.69) is 20.3 Å². The van der Waals surface area contributed by atoms with Crippen molar-refractivity contribution in [1.82, 2.24) is 19.9 Å². The number of likely N-dealkylation sites (tertiary alicyclic amines) is 1. The summed E-state index contributed by atoms with van der Waals surface area (Å²) in [5.41, 5.74) is 1.48. The predicted octanol–water partition coefficient (Wildman–Crippen LogP) is 2.41. The number of carbonyl (C=O) groups excluding carboxylic acids is 1. The van der Waals surface area contributed by atoms with Crippen molar-refractivity contribution in [2.45, 2.75) is 26.2 Å². The third kappa shape index (κ3) is 4.09. The van der Waals surface area contributed by atoms with Crippen molar-refractivity contribution < 1.29 is 9.53 Å². The van der Waals surface area contributed by atoms with Gasteiger partial charge in [0.15, 0.2) is 0 Å². The summed E-state index contributed by atoms with van der Waals surface area (Å²) in [6.45, 7) is 3.84. The van der Waals surface area contributed by atoms with Crippen LogP contribution in [-0.4, -0.2) is 52.5 Å². The summed E-state index contributed by atoms with van der Waals surface area (Å²) < 4.78 is 5.52. The number of nitrogens with zero attached hydrogens (tertiary/aromatic N) is 4. The van der Waals surface area contributed by atoms with Crippen LogP contribution in [0, 0.1) is 5.92 Å². The van der Waals surface area contributed by atoms with Crippen molar-refractivity contribution in [3.8, 4) is 5.88 Å². The SMILES string of the molecule is CCOc1ncccc1C(=O)N1CCC[C@@H](Cc2nccnc2NC)C1. The predicted molar refractivity (Wildman–Crippen MR) is 99.3 cm³/mol. The van der Waals surface area contributed by atoms with Crippen molar-refractivity contribution in [2.24, 2.45) is 5.92 Å². The molecule has 2 aromatic heterocycles. The Morgan fingerprint density at radius 2 is 2.15 bits per heavy atom. The van der Waals surface area contributed by atoms with Crippen LogP contribution in [-0.2, 0) is 6.42 Å². The van der Waals surface area contributed by atoms with Gasteiger partial charge < -0.3 is 15.0 Å². The molecule has 7 nitrogen and oxygen atoms in total. The Morgan fingerprint density at radius 3 is 2.96 bits per heavy atom. The van der Waals surface area contributed by atoms with Gasteiger partial charge in [0.05, 0.1) is 12.3 Å². The summed E-state index contributed by atoms with van der Waals surface area (Å²) in [6.07, 6.45) is 7.91. The molecule has 1 atom stereocenters. The molecule has 3 rings (SSSR count). The van der Waals surface area contributed by atoms with Crippen LogP contribution in [0.1, 0.15) is 35.8 Å². The van der Waals surface area contributed by atoms with Crippen molar-refractivity contribution in [2.75, 3.05) is 32.1 Å². The zero-order chi connectivity index (χ0) is 18.4. The van der Waals surface area contributed by atoms with Crippen LogP contribution in [0.25, 0.3) is 0 Å². The molecule has 0 radical (unpaired) electrons. The minimum Gasteiger partial charge on any atom is -0.477 e. The van der Waals surface area contributed by atoms with Gasteiger partial charge in [-0.15, -0.1) is 0 Å². The van der Waals surface area contributed by atoms with Gasteiger partial charge in [0, 0.05) is 38.7 Å². The molecule has 7 heteroatoms. The Labute approximate surface area is 153 Å². The lowest BCUT2D eigenvalue weighted by atomic mass is 9.92. The fourth-order valence-corrected chi connectivity index (χ4v) is 3.39. The van der Waals surface area contributed by atoms with Gasteiger partial charge in [0.1, 0.15) is 11.4 Å². The highest BCUT2D eigenvalue weighted by molar-refractivity contribution is 5.96. The molecule has 0 saturated carbocycles. The summed E-state index contributed by atoms with van der Waals surface area (Å²) >= 11 is 0. The quantitative estimate of drug-likeness (QED) is 0.857. The van der Waals surface area contributed by atoms with E-state index in [1.165, 1.54) is 0 Å².